The van der Waals surface area contributed by atoms with Gasteiger partial charge >= 0.3 is 6.09 Å². The van der Waals surface area contributed by atoms with Crippen LogP contribution in [0, 0.1) is 5.92 Å². The molecule has 0 radical (unpaired) electrons. The van der Waals surface area contributed by atoms with Crippen molar-refractivity contribution in [3.8, 4) is 0 Å². The standard InChI is InChI=1S/C6H12N2O2/c7-6(9)10-2-1-5-3-8-4-5/h5,8H,1-4H2,(H2,7,9). The average Bonchev–Trinajstić information content (AvgIpc) is 1.75. The third-order valence-electron chi connectivity index (χ3n) is 1.64. The summed E-state index contributed by atoms with van der Waals surface area (Å²) in [5.74, 6) is 0.680. The molecule has 10 heavy (non-hydrogen) atoms. The molecule has 0 bridgehead atoms. The quantitative estimate of drug-likeness (QED) is 0.571. The first-order valence-electron chi connectivity index (χ1n) is 3.42. The summed E-state index contributed by atoms with van der Waals surface area (Å²) in [5, 5.41) is 3.13. The van der Waals surface area contributed by atoms with Crippen LogP contribution in [0.25, 0.3) is 0 Å². The van der Waals surface area contributed by atoms with Gasteiger partial charge in [0.2, 0.25) is 0 Å². The van der Waals surface area contributed by atoms with Crippen molar-refractivity contribution in [3.05, 3.63) is 0 Å². The molecule has 0 atom stereocenters. The van der Waals surface area contributed by atoms with Crippen LogP contribution in [0.1, 0.15) is 6.42 Å². The van der Waals surface area contributed by atoms with Crippen LogP contribution in [0.3, 0.4) is 0 Å². The maximum atomic E-state index is 10.1. The van der Waals surface area contributed by atoms with Crippen LogP contribution >= 0.6 is 0 Å². The zero-order chi connectivity index (χ0) is 7.40. The largest absolute Gasteiger partial charge is 0.450 e. The van der Waals surface area contributed by atoms with E-state index in [2.05, 4.69) is 10.1 Å². The molecule has 1 rings (SSSR count). The van der Waals surface area contributed by atoms with Crippen molar-refractivity contribution in [2.24, 2.45) is 11.7 Å². The van der Waals surface area contributed by atoms with E-state index in [1.807, 2.05) is 0 Å². The summed E-state index contributed by atoms with van der Waals surface area (Å²) >= 11 is 0. The highest BCUT2D eigenvalue weighted by Gasteiger charge is 2.16. The van der Waals surface area contributed by atoms with E-state index in [-0.39, 0.29) is 0 Å². The van der Waals surface area contributed by atoms with Gasteiger partial charge in [-0.05, 0) is 25.4 Å². The Hall–Kier alpha value is -0.770. The summed E-state index contributed by atoms with van der Waals surface area (Å²) in [6.45, 7) is 2.55. The van der Waals surface area contributed by atoms with Gasteiger partial charge in [-0.1, -0.05) is 0 Å². The Morgan fingerprint density at radius 3 is 2.80 bits per heavy atom. The number of nitrogens with one attached hydrogen (secondary N) is 1. The molecule has 1 amide bonds. The minimum atomic E-state index is -0.674. The van der Waals surface area contributed by atoms with Gasteiger partial charge < -0.3 is 15.8 Å². The van der Waals surface area contributed by atoms with E-state index in [1.54, 1.807) is 0 Å². The number of rotatable bonds is 3. The third-order valence-corrected chi connectivity index (χ3v) is 1.64. The molecule has 3 N–H and O–H groups in total. The zero-order valence-electron chi connectivity index (χ0n) is 5.80. The number of primary amides is 1. The number of hydrogen-bond donors (Lipinski definition) is 2. The lowest BCUT2D eigenvalue weighted by Crippen LogP contribution is -2.42. The Bertz CT molecular complexity index is 123. The van der Waals surface area contributed by atoms with Crippen LogP contribution in [-0.4, -0.2) is 25.8 Å². The highest BCUT2D eigenvalue weighted by atomic mass is 16.5. The van der Waals surface area contributed by atoms with E-state index < -0.39 is 6.09 Å². The van der Waals surface area contributed by atoms with Gasteiger partial charge in [0.15, 0.2) is 0 Å². The molecule has 1 aliphatic heterocycles. The molecule has 0 unspecified atom stereocenters. The van der Waals surface area contributed by atoms with E-state index >= 15 is 0 Å². The van der Waals surface area contributed by atoms with Crippen LogP contribution in [0.4, 0.5) is 4.79 Å². The fourth-order valence-corrected chi connectivity index (χ4v) is 0.879. The first kappa shape index (κ1) is 7.34. The zero-order valence-corrected chi connectivity index (χ0v) is 5.80. The molecule has 0 aromatic rings. The fraction of sp³-hybridized carbons (Fsp3) is 0.833. The molecule has 0 spiro atoms. The van der Waals surface area contributed by atoms with Crippen molar-refractivity contribution in [1.82, 2.24) is 5.32 Å². The molecule has 4 nitrogen and oxygen atoms in total. The van der Waals surface area contributed by atoms with Crippen LogP contribution in [-0.2, 0) is 4.74 Å². The van der Waals surface area contributed by atoms with Crippen molar-refractivity contribution in [3.63, 3.8) is 0 Å². The lowest BCUT2D eigenvalue weighted by atomic mass is 10.0. The number of carbonyl (C=O) groups excluding carboxylic acids is 1. The molecule has 0 saturated carbocycles. The summed E-state index contributed by atoms with van der Waals surface area (Å²) < 4.78 is 4.56. The predicted molar refractivity (Wildman–Crippen MR) is 36.5 cm³/mol. The number of ether oxygens (including phenoxy) is 1. The first-order valence-corrected chi connectivity index (χ1v) is 3.42. The second-order valence-electron chi connectivity index (χ2n) is 2.48. The molecule has 1 heterocycles. The molecule has 0 aromatic carbocycles. The Labute approximate surface area is 59.7 Å². The Kier molecular flexibility index (Phi) is 2.50. The predicted octanol–water partition coefficient (Wildman–Crippen LogP) is -0.309. The minimum absolute atomic E-state index is 0.460. The summed E-state index contributed by atoms with van der Waals surface area (Å²) in [5.41, 5.74) is 4.76. The average molecular weight is 144 g/mol. The third kappa shape index (κ3) is 2.23. The highest BCUT2D eigenvalue weighted by molar-refractivity contribution is 5.64. The van der Waals surface area contributed by atoms with Crippen LogP contribution in [0.5, 0.6) is 0 Å². The summed E-state index contributed by atoms with van der Waals surface area (Å²) in [4.78, 5) is 10.1. The molecule has 4 heteroatoms. The number of hydrogen-bond acceptors (Lipinski definition) is 3. The lowest BCUT2D eigenvalue weighted by Gasteiger charge is -2.26. The van der Waals surface area contributed by atoms with E-state index in [1.165, 1.54) is 0 Å². The fourth-order valence-electron chi connectivity index (χ4n) is 0.879. The van der Waals surface area contributed by atoms with Crippen molar-refractivity contribution in [2.75, 3.05) is 19.7 Å². The topological polar surface area (TPSA) is 64.4 Å². The normalized spacial score (nSPS) is 18.0. The molecular weight excluding hydrogens is 132 g/mol. The van der Waals surface area contributed by atoms with E-state index in [4.69, 9.17) is 5.73 Å². The minimum Gasteiger partial charge on any atom is -0.450 e. The van der Waals surface area contributed by atoms with Crippen molar-refractivity contribution in [2.45, 2.75) is 6.42 Å². The van der Waals surface area contributed by atoms with Crippen molar-refractivity contribution >= 4 is 6.09 Å². The highest BCUT2D eigenvalue weighted by Crippen LogP contribution is 2.07. The van der Waals surface area contributed by atoms with Gasteiger partial charge in [0.25, 0.3) is 0 Å². The number of carbonyl (C=O) groups is 1. The Morgan fingerprint density at radius 1 is 1.70 bits per heavy atom. The van der Waals surface area contributed by atoms with Gasteiger partial charge in [0.05, 0.1) is 6.61 Å². The summed E-state index contributed by atoms with van der Waals surface area (Å²) in [6.07, 6.45) is 0.253. The van der Waals surface area contributed by atoms with Crippen molar-refractivity contribution < 1.29 is 9.53 Å². The molecule has 1 saturated heterocycles. The molecule has 58 valence electrons. The molecular formula is C6H12N2O2. The van der Waals surface area contributed by atoms with Gasteiger partial charge in [-0.3, -0.25) is 0 Å². The second kappa shape index (κ2) is 3.41. The van der Waals surface area contributed by atoms with Gasteiger partial charge in [-0.2, -0.15) is 0 Å². The molecule has 1 fully saturated rings. The second-order valence-corrected chi connectivity index (χ2v) is 2.48. The summed E-state index contributed by atoms with van der Waals surface area (Å²) in [6, 6.07) is 0. The molecule has 0 aromatic heterocycles. The molecule has 0 aliphatic carbocycles. The molecule has 1 aliphatic rings. The monoisotopic (exact) mass is 144 g/mol. The van der Waals surface area contributed by atoms with Crippen molar-refractivity contribution in [1.29, 1.82) is 0 Å². The van der Waals surface area contributed by atoms with E-state index in [9.17, 15) is 4.79 Å². The van der Waals surface area contributed by atoms with E-state index in [0.717, 1.165) is 19.5 Å². The maximum Gasteiger partial charge on any atom is 0.404 e. The SMILES string of the molecule is NC(=O)OCCC1CNC1. The van der Waals surface area contributed by atoms with Crippen LogP contribution in [0.15, 0.2) is 0 Å². The Morgan fingerprint density at radius 2 is 2.40 bits per heavy atom. The number of nitrogens with two attached hydrogens (primary N) is 1. The smallest absolute Gasteiger partial charge is 0.404 e. The Balaban J connectivity index is 1.89. The van der Waals surface area contributed by atoms with Crippen LogP contribution in [0.2, 0.25) is 0 Å². The maximum absolute atomic E-state index is 10.1. The number of amides is 1. The lowest BCUT2D eigenvalue weighted by molar-refractivity contribution is 0.142. The first-order chi connectivity index (χ1) is 4.79. The van der Waals surface area contributed by atoms with Crippen LogP contribution < -0.4 is 11.1 Å². The van der Waals surface area contributed by atoms with Gasteiger partial charge in [0.1, 0.15) is 0 Å². The van der Waals surface area contributed by atoms with Gasteiger partial charge in [-0.15, -0.1) is 0 Å². The van der Waals surface area contributed by atoms with E-state index in [0.29, 0.717) is 12.5 Å². The van der Waals surface area contributed by atoms with Gasteiger partial charge in [-0.25, -0.2) is 4.79 Å². The summed E-state index contributed by atoms with van der Waals surface area (Å²) in [7, 11) is 0. The van der Waals surface area contributed by atoms with Gasteiger partial charge in [0, 0.05) is 0 Å².